The first-order valence-electron chi connectivity index (χ1n) is 6.00. The molecule has 1 aliphatic heterocycles. The van der Waals surface area contributed by atoms with Crippen molar-refractivity contribution in [2.24, 2.45) is 5.92 Å². The van der Waals surface area contributed by atoms with Crippen LogP contribution in [0, 0.1) is 5.92 Å². The number of rotatable bonds is 5. The third-order valence-electron chi connectivity index (χ3n) is 3.33. The third kappa shape index (κ3) is 2.43. The second-order valence-corrected chi connectivity index (χ2v) is 4.61. The summed E-state index contributed by atoms with van der Waals surface area (Å²) in [6.07, 6.45) is 0. The molecule has 0 radical (unpaired) electrons. The zero-order chi connectivity index (χ0) is 13.1. The van der Waals surface area contributed by atoms with Crippen molar-refractivity contribution in [3.63, 3.8) is 0 Å². The molecule has 0 spiro atoms. The van der Waals surface area contributed by atoms with Crippen molar-refractivity contribution in [2.75, 3.05) is 13.7 Å². The average molecular weight is 247 g/mol. The fourth-order valence-electron chi connectivity index (χ4n) is 2.21. The Morgan fingerprint density at radius 3 is 2.61 bits per heavy atom. The summed E-state index contributed by atoms with van der Waals surface area (Å²) in [5, 5.41) is 0. The van der Waals surface area contributed by atoms with Gasteiger partial charge in [0.05, 0.1) is 19.3 Å². The largest absolute Gasteiger partial charge is 0.375 e. The van der Waals surface area contributed by atoms with Gasteiger partial charge < -0.3 is 9.64 Å². The number of nitrogens with zero attached hydrogens (tertiary/aromatic N) is 1. The number of hydrogen-bond acceptors (Lipinski definition) is 3. The molecule has 1 saturated heterocycles. The lowest BCUT2D eigenvalue weighted by Crippen LogP contribution is -2.63. The van der Waals surface area contributed by atoms with E-state index in [1.807, 2.05) is 30.3 Å². The van der Waals surface area contributed by atoms with E-state index >= 15 is 0 Å². The number of amides is 1. The summed E-state index contributed by atoms with van der Waals surface area (Å²) >= 11 is 0. The highest BCUT2D eigenvalue weighted by Gasteiger charge is 2.47. The van der Waals surface area contributed by atoms with Crippen molar-refractivity contribution in [1.82, 2.24) is 4.90 Å². The monoisotopic (exact) mass is 247 g/mol. The Hall–Kier alpha value is -1.68. The van der Waals surface area contributed by atoms with Crippen LogP contribution in [0.4, 0.5) is 0 Å². The number of hydrogen-bond donors (Lipinski definition) is 0. The molecule has 2 rings (SSSR count). The standard InChI is InChI=1S/C14H17NO3/c1-10(16)13-12(15(2)14(13)17)9-18-8-11-6-4-3-5-7-11/h3-7,12-13H,8-9H2,1-2H3/t12-,13-/m1/s1. The van der Waals surface area contributed by atoms with Crippen LogP contribution in [0.1, 0.15) is 12.5 Å². The molecule has 1 heterocycles. The summed E-state index contributed by atoms with van der Waals surface area (Å²) in [7, 11) is 1.71. The Kier molecular flexibility index (Phi) is 3.77. The summed E-state index contributed by atoms with van der Waals surface area (Å²) < 4.78 is 5.58. The van der Waals surface area contributed by atoms with Crippen molar-refractivity contribution < 1.29 is 14.3 Å². The zero-order valence-electron chi connectivity index (χ0n) is 10.6. The van der Waals surface area contributed by atoms with Gasteiger partial charge in [0.2, 0.25) is 5.91 Å². The molecule has 0 aliphatic carbocycles. The third-order valence-corrected chi connectivity index (χ3v) is 3.33. The molecule has 2 atom stereocenters. The maximum Gasteiger partial charge on any atom is 0.235 e. The Balaban J connectivity index is 1.83. The van der Waals surface area contributed by atoms with Gasteiger partial charge in [-0.2, -0.15) is 0 Å². The number of β-lactam (4-membered cyclic amide) rings is 1. The maximum absolute atomic E-state index is 11.5. The minimum atomic E-state index is -0.509. The number of carbonyl (C=O) groups is 2. The first-order valence-corrected chi connectivity index (χ1v) is 6.00. The predicted molar refractivity (Wildman–Crippen MR) is 66.8 cm³/mol. The van der Waals surface area contributed by atoms with Crippen molar-refractivity contribution in [1.29, 1.82) is 0 Å². The van der Waals surface area contributed by atoms with E-state index in [2.05, 4.69) is 0 Å². The van der Waals surface area contributed by atoms with Crippen molar-refractivity contribution in [3.8, 4) is 0 Å². The Morgan fingerprint density at radius 1 is 1.33 bits per heavy atom. The number of carbonyl (C=O) groups excluding carboxylic acids is 2. The minimum Gasteiger partial charge on any atom is -0.375 e. The lowest BCUT2D eigenvalue weighted by atomic mass is 9.85. The van der Waals surface area contributed by atoms with Crippen LogP contribution in [-0.2, 0) is 20.9 Å². The molecule has 96 valence electrons. The van der Waals surface area contributed by atoms with Gasteiger partial charge in [-0.05, 0) is 12.5 Å². The number of ether oxygens (including phenoxy) is 1. The van der Waals surface area contributed by atoms with Gasteiger partial charge in [-0.3, -0.25) is 9.59 Å². The van der Waals surface area contributed by atoms with Crippen LogP contribution in [0.2, 0.25) is 0 Å². The Morgan fingerprint density at radius 2 is 2.00 bits per heavy atom. The molecule has 1 aromatic rings. The van der Waals surface area contributed by atoms with Gasteiger partial charge in [0.15, 0.2) is 0 Å². The molecule has 18 heavy (non-hydrogen) atoms. The first kappa shape index (κ1) is 12.8. The molecule has 1 amide bonds. The van der Waals surface area contributed by atoms with Crippen molar-refractivity contribution >= 4 is 11.7 Å². The molecule has 4 nitrogen and oxygen atoms in total. The number of likely N-dealkylation sites (tertiary alicyclic amines) is 1. The summed E-state index contributed by atoms with van der Waals surface area (Å²) in [5.74, 6) is -0.687. The van der Waals surface area contributed by atoms with Gasteiger partial charge in [-0.25, -0.2) is 0 Å². The highest BCUT2D eigenvalue weighted by Crippen LogP contribution is 2.26. The van der Waals surface area contributed by atoms with Crippen LogP contribution in [0.3, 0.4) is 0 Å². The van der Waals surface area contributed by atoms with Crippen molar-refractivity contribution in [3.05, 3.63) is 35.9 Å². The second kappa shape index (κ2) is 5.31. The van der Waals surface area contributed by atoms with Gasteiger partial charge >= 0.3 is 0 Å². The van der Waals surface area contributed by atoms with E-state index < -0.39 is 5.92 Å². The molecule has 4 heteroatoms. The first-order chi connectivity index (χ1) is 8.61. The van der Waals surface area contributed by atoms with E-state index in [-0.39, 0.29) is 17.7 Å². The van der Waals surface area contributed by atoms with E-state index in [1.165, 1.54) is 6.92 Å². The van der Waals surface area contributed by atoms with Crippen molar-refractivity contribution in [2.45, 2.75) is 19.6 Å². The Bertz CT molecular complexity index is 444. The smallest absolute Gasteiger partial charge is 0.235 e. The normalized spacial score (nSPS) is 22.8. The minimum absolute atomic E-state index is 0.0774. The van der Waals surface area contributed by atoms with Gasteiger partial charge in [0.1, 0.15) is 11.7 Å². The molecule has 0 unspecified atom stereocenters. The second-order valence-electron chi connectivity index (χ2n) is 4.61. The van der Waals surface area contributed by atoms with E-state index in [1.54, 1.807) is 11.9 Å². The molecule has 0 saturated carbocycles. The average Bonchev–Trinajstić information content (AvgIpc) is 2.37. The number of ketones is 1. The lowest BCUT2D eigenvalue weighted by Gasteiger charge is -2.43. The molecular formula is C14H17NO3. The number of likely N-dealkylation sites (N-methyl/N-ethyl adjacent to an activating group) is 1. The van der Waals surface area contributed by atoms with Crippen LogP contribution in [0.15, 0.2) is 30.3 Å². The number of benzene rings is 1. The number of Topliss-reactive ketones (excluding diaryl/α,β-unsaturated/α-hetero) is 1. The fraction of sp³-hybridized carbons (Fsp3) is 0.429. The Labute approximate surface area is 107 Å². The summed E-state index contributed by atoms with van der Waals surface area (Å²) in [6, 6.07) is 9.72. The van der Waals surface area contributed by atoms with Crippen LogP contribution in [-0.4, -0.2) is 36.3 Å². The topological polar surface area (TPSA) is 46.6 Å². The van der Waals surface area contributed by atoms with Gasteiger partial charge in [0, 0.05) is 7.05 Å². The van der Waals surface area contributed by atoms with Gasteiger partial charge in [-0.1, -0.05) is 30.3 Å². The molecule has 0 N–H and O–H groups in total. The van der Waals surface area contributed by atoms with E-state index in [0.717, 1.165) is 5.56 Å². The zero-order valence-corrected chi connectivity index (χ0v) is 10.6. The summed E-state index contributed by atoms with van der Waals surface area (Å²) in [4.78, 5) is 24.4. The van der Waals surface area contributed by atoms with Crippen LogP contribution in [0.25, 0.3) is 0 Å². The lowest BCUT2D eigenvalue weighted by molar-refractivity contribution is -0.162. The van der Waals surface area contributed by atoms with E-state index in [0.29, 0.717) is 13.2 Å². The molecule has 1 fully saturated rings. The van der Waals surface area contributed by atoms with Crippen LogP contribution < -0.4 is 0 Å². The highest BCUT2D eigenvalue weighted by molar-refractivity contribution is 6.05. The molecule has 0 bridgehead atoms. The maximum atomic E-state index is 11.5. The summed E-state index contributed by atoms with van der Waals surface area (Å²) in [6.45, 7) is 2.37. The quantitative estimate of drug-likeness (QED) is 0.581. The molecule has 1 aliphatic rings. The molecule has 1 aromatic carbocycles. The predicted octanol–water partition coefficient (Wildman–Crippen LogP) is 1.25. The van der Waals surface area contributed by atoms with Crippen LogP contribution >= 0.6 is 0 Å². The molecular weight excluding hydrogens is 230 g/mol. The molecule has 0 aromatic heterocycles. The SMILES string of the molecule is CC(=O)[C@H]1C(=O)N(C)[C@@H]1COCc1ccccc1. The van der Waals surface area contributed by atoms with E-state index in [4.69, 9.17) is 4.74 Å². The highest BCUT2D eigenvalue weighted by atomic mass is 16.5. The van der Waals surface area contributed by atoms with Gasteiger partial charge in [-0.15, -0.1) is 0 Å². The fourth-order valence-corrected chi connectivity index (χ4v) is 2.21. The van der Waals surface area contributed by atoms with Gasteiger partial charge in [0.25, 0.3) is 0 Å². The van der Waals surface area contributed by atoms with Crippen LogP contribution in [0.5, 0.6) is 0 Å². The summed E-state index contributed by atoms with van der Waals surface area (Å²) in [5.41, 5.74) is 1.09. The van der Waals surface area contributed by atoms with E-state index in [9.17, 15) is 9.59 Å².